The van der Waals surface area contributed by atoms with E-state index in [1.807, 2.05) is 13.8 Å². The molecule has 1 aliphatic heterocycles. The molecule has 2 N–H and O–H groups in total. The number of urea groups is 1. The van der Waals surface area contributed by atoms with Crippen molar-refractivity contribution in [2.24, 2.45) is 11.0 Å². The van der Waals surface area contributed by atoms with Crippen LogP contribution in [0.1, 0.15) is 13.8 Å². The Hall–Kier alpha value is -1.75. The normalized spacial score (nSPS) is 20.5. The molecule has 7 nitrogen and oxygen atoms in total. The van der Waals surface area contributed by atoms with Gasteiger partial charge in [0.15, 0.2) is 0 Å². The molecule has 15 heavy (non-hydrogen) atoms. The first-order valence-corrected chi connectivity index (χ1v) is 4.73. The van der Waals surface area contributed by atoms with E-state index < -0.39 is 6.04 Å². The van der Waals surface area contributed by atoms with Crippen LogP contribution in [-0.2, 0) is 0 Å². The molecule has 0 saturated carbocycles. The first-order chi connectivity index (χ1) is 7.06. The van der Waals surface area contributed by atoms with Gasteiger partial charge in [0.05, 0.1) is 12.6 Å². The largest absolute Gasteiger partial charge is 0.323 e. The van der Waals surface area contributed by atoms with E-state index >= 15 is 0 Å². The fourth-order valence-electron chi connectivity index (χ4n) is 1.47. The third-order valence-corrected chi connectivity index (χ3v) is 2.09. The van der Waals surface area contributed by atoms with Crippen LogP contribution in [-0.4, -0.2) is 35.9 Å². The number of nitrogens with one attached hydrogen (secondary N) is 2. The van der Waals surface area contributed by atoms with Crippen molar-refractivity contribution in [1.29, 1.82) is 5.41 Å². The molecule has 1 heterocycles. The Balaban J connectivity index is 2.74. The second kappa shape index (κ2) is 4.65. The van der Waals surface area contributed by atoms with Crippen LogP contribution in [0.25, 0.3) is 10.4 Å². The third kappa shape index (κ3) is 2.60. The summed E-state index contributed by atoms with van der Waals surface area (Å²) in [5.41, 5.74) is 8.21. The molecule has 1 rings (SSSR count). The molecule has 2 amide bonds. The van der Waals surface area contributed by atoms with Crippen molar-refractivity contribution in [1.82, 2.24) is 10.2 Å². The average Bonchev–Trinajstić information content (AvgIpc) is 2.39. The van der Waals surface area contributed by atoms with Gasteiger partial charge in [-0.25, -0.2) is 4.79 Å². The summed E-state index contributed by atoms with van der Waals surface area (Å²) in [6.45, 7) is 4.64. The molecule has 7 heteroatoms. The number of carbonyl (C=O) groups excluding carboxylic acids is 1. The number of nitrogens with zero attached hydrogens (tertiary/aromatic N) is 4. The van der Waals surface area contributed by atoms with Crippen LogP contribution in [0, 0.1) is 11.3 Å². The smallest absolute Gasteiger partial charge is 0.314 e. The van der Waals surface area contributed by atoms with E-state index in [1.54, 1.807) is 0 Å². The highest BCUT2D eigenvalue weighted by Gasteiger charge is 2.34. The number of carbonyl (C=O) groups is 1. The summed E-state index contributed by atoms with van der Waals surface area (Å²) in [6, 6.07) is -0.720. The number of hydrogen-bond acceptors (Lipinski definition) is 3. The summed E-state index contributed by atoms with van der Waals surface area (Å²) in [7, 11) is 0. The summed E-state index contributed by atoms with van der Waals surface area (Å²) in [4.78, 5) is 15.6. The molecular formula is C8H14N6O. The van der Waals surface area contributed by atoms with Crippen LogP contribution in [0.15, 0.2) is 5.11 Å². The van der Waals surface area contributed by atoms with E-state index in [-0.39, 0.29) is 18.4 Å². The minimum atomic E-state index is -0.434. The van der Waals surface area contributed by atoms with Crippen molar-refractivity contribution in [2.75, 3.05) is 13.1 Å². The van der Waals surface area contributed by atoms with Crippen LogP contribution < -0.4 is 5.32 Å². The Morgan fingerprint density at radius 2 is 2.40 bits per heavy atom. The SMILES string of the molecule is CC(C)CN1C(=O)NC(=N)C1CN=[N+]=[N-]. The van der Waals surface area contributed by atoms with Gasteiger partial charge in [-0.2, -0.15) is 0 Å². The molecule has 0 spiro atoms. The lowest BCUT2D eigenvalue weighted by Gasteiger charge is -2.22. The lowest BCUT2D eigenvalue weighted by molar-refractivity contribution is 0.199. The zero-order valence-electron chi connectivity index (χ0n) is 8.77. The summed E-state index contributed by atoms with van der Waals surface area (Å²) >= 11 is 0. The average molecular weight is 210 g/mol. The second-order valence-corrected chi connectivity index (χ2v) is 3.82. The van der Waals surface area contributed by atoms with Gasteiger partial charge in [-0.05, 0) is 11.4 Å². The zero-order chi connectivity index (χ0) is 11.4. The first kappa shape index (κ1) is 11.3. The summed E-state index contributed by atoms with van der Waals surface area (Å²) in [5, 5.41) is 13.4. The van der Waals surface area contributed by atoms with Crippen LogP contribution >= 0.6 is 0 Å². The molecule has 82 valence electrons. The number of amidine groups is 1. The molecule has 0 bridgehead atoms. The van der Waals surface area contributed by atoms with E-state index in [1.165, 1.54) is 4.90 Å². The summed E-state index contributed by atoms with van der Waals surface area (Å²) in [6.07, 6.45) is 0. The maximum absolute atomic E-state index is 11.4. The van der Waals surface area contributed by atoms with Gasteiger partial charge in [0.2, 0.25) is 0 Å². The Bertz CT molecular complexity index is 319. The van der Waals surface area contributed by atoms with E-state index in [0.29, 0.717) is 12.5 Å². The number of azide groups is 1. The van der Waals surface area contributed by atoms with Crippen LogP contribution in [0.4, 0.5) is 4.79 Å². The van der Waals surface area contributed by atoms with Crippen molar-refractivity contribution < 1.29 is 4.79 Å². The molecule has 0 aliphatic carbocycles. The third-order valence-electron chi connectivity index (χ3n) is 2.09. The molecule has 1 atom stereocenters. The lowest BCUT2D eigenvalue weighted by atomic mass is 10.2. The maximum Gasteiger partial charge on any atom is 0.323 e. The predicted molar refractivity (Wildman–Crippen MR) is 55.6 cm³/mol. The minimum absolute atomic E-state index is 0.105. The van der Waals surface area contributed by atoms with Gasteiger partial charge < -0.3 is 4.90 Å². The quantitative estimate of drug-likeness (QED) is 0.407. The Morgan fingerprint density at radius 1 is 1.73 bits per heavy atom. The fraction of sp³-hybridized carbons (Fsp3) is 0.750. The molecular weight excluding hydrogens is 196 g/mol. The number of amides is 2. The van der Waals surface area contributed by atoms with E-state index in [4.69, 9.17) is 10.9 Å². The van der Waals surface area contributed by atoms with E-state index in [0.717, 1.165) is 0 Å². The molecule has 0 aromatic rings. The maximum atomic E-state index is 11.4. The topological polar surface area (TPSA) is 105 Å². The van der Waals surface area contributed by atoms with Crippen LogP contribution in [0.2, 0.25) is 0 Å². The highest BCUT2D eigenvalue weighted by Crippen LogP contribution is 2.12. The van der Waals surface area contributed by atoms with Gasteiger partial charge in [-0.1, -0.05) is 19.0 Å². The molecule has 0 aromatic heterocycles. The van der Waals surface area contributed by atoms with Gasteiger partial charge in [0, 0.05) is 11.5 Å². The second-order valence-electron chi connectivity index (χ2n) is 3.82. The van der Waals surface area contributed by atoms with Gasteiger partial charge in [-0.3, -0.25) is 10.7 Å². The molecule has 1 aliphatic rings. The van der Waals surface area contributed by atoms with Crippen molar-refractivity contribution in [2.45, 2.75) is 19.9 Å². The zero-order valence-corrected chi connectivity index (χ0v) is 8.77. The summed E-state index contributed by atoms with van der Waals surface area (Å²) in [5.74, 6) is 0.420. The van der Waals surface area contributed by atoms with E-state index in [9.17, 15) is 4.79 Å². The van der Waals surface area contributed by atoms with Gasteiger partial charge in [0.1, 0.15) is 5.84 Å². The van der Waals surface area contributed by atoms with Crippen molar-refractivity contribution in [3.63, 3.8) is 0 Å². The lowest BCUT2D eigenvalue weighted by Crippen LogP contribution is -2.39. The Kier molecular flexibility index (Phi) is 3.51. The Morgan fingerprint density at radius 3 is 2.93 bits per heavy atom. The molecule has 1 saturated heterocycles. The van der Waals surface area contributed by atoms with Crippen LogP contribution in [0.5, 0.6) is 0 Å². The van der Waals surface area contributed by atoms with Crippen LogP contribution in [0.3, 0.4) is 0 Å². The highest BCUT2D eigenvalue weighted by atomic mass is 16.2. The Labute approximate surface area is 87.6 Å². The number of hydrogen-bond donors (Lipinski definition) is 2. The fourth-order valence-corrected chi connectivity index (χ4v) is 1.47. The van der Waals surface area contributed by atoms with Gasteiger partial charge in [0.25, 0.3) is 0 Å². The highest BCUT2D eigenvalue weighted by molar-refractivity contribution is 6.05. The van der Waals surface area contributed by atoms with Crippen molar-refractivity contribution in [3.05, 3.63) is 10.4 Å². The molecule has 0 radical (unpaired) electrons. The standard InChI is InChI=1S/C8H14N6O/c1-5(2)4-14-6(3-11-13-10)7(9)12-8(14)15/h5-6H,3-4H2,1-2H3,(H2,9,12,15). The van der Waals surface area contributed by atoms with Crippen molar-refractivity contribution in [3.8, 4) is 0 Å². The molecule has 1 fully saturated rings. The monoisotopic (exact) mass is 210 g/mol. The number of rotatable bonds is 4. The van der Waals surface area contributed by atoms with Gasteiger partial charge in [-0.15, -0.1) is 0 Å². The summed E-state index contributed by atoms with van der Waals surface area (Å²) < 4.78 is 0. The first-order valence-electron chi connectivity index (χ1n) is 4.73. The van der Waals surface area contributed by atoms with Crippen molar-refractivity contribution >= 4 is 11.9 Å². The van der Waals surface area contributed by atoms with E-state index in [2.05, 4.69) is 15.3 Å². The van der Waals surface area contributed by atoms with Gasteiger partial charge >= 0.3 is 6.03 Å². The molecule has 0 aromatic carbocycles. The minimum Gasteiger partial charge on any atom is -0.314 e. The molecule has 1 unspecified atom stereocenters. The predicted octanol–water partition coefficient (Wildman–Crippen LogP) is 1.32.